The highest BCUT2D eigenvalue weighted by molar-refractivity contribution is 6.30. The van der Waals surface area contributed by atoms with Gasteiger partial charge in [-0.05, 0) is 37.1 Å². The lowest BCUT2D eigenvalue weighted by Gasteiger charge is -2.20. The summed E-state index contributed by atoms with van der Waals surface area (Å²) in [5.74, 6) is 1.52. The summed E-state index contributed by atoms with van der Waals surface area (Å²) < 4.78 is 5.97. The smallest absolute Gasteiger partial charge is 0.121 e. The lowest BCUT2D eigenvalue weighted by molar-refractivity contribution is 0.185. The van der Waals surface area contributed by atoms with Gasteiger partial charge in [-0.25, -0.2) is 0 Å². The van der Waals surface area contributed by atoms with Gasteiger partial charge in [0, 0.05) is 11.6 Å². The van der Waals surface area contributed by atoms with Gasteiger partial charge in [0.25, 0.3) is 0 Å². The molecule has 1 unspecified atom stereocenters. The van der Waals surface area contributed by atoms with E-state index in [4.69, 9.17) is 16.3 Å². The van der Waals surface area contributed by atoms with E-state index in [1.807, 2.05) is 24.3 Å². The average molecular weight is 270 g/mol. The van der Waals surface area contributed by atoms with Crippen LogP contribution < -0.4 is 10.1 Å². The normalized spacial score (nSPS) is 12.7. The molecule has 0 saturated carbocycles. The van der Waals surface area contributed by atoms with Crippen LogP contribution in [0.4, 0.5) is 0 Å². The number of nitrogens with one attached hydrogen (secondary N) is 1. The van der Waals surface area contributed by atoms with Gasteiger partial charge in [-0.15, -0.1) is 0 Å². The van der Waals surface area contributed by atoms with Crippen molar-refractivity contribution in [3.05, 3.63) is 29.3 Å². The van der Waals surface area contributed by atoms with Crippen LogP contribution in [0.15, 0.2) is 24.3 Å². The molecule has 3 heteroatoms. The maximum atomic E-state index is 5.97. The van der Waals surface area contributed by atoms with E-state index in [9.17, 15) is 0 Å². The summed E-state index contributed by atoms with van der Waals surface area (Å²) in [6, 6.07) is 7.60. The van der Waals surface area contributed by atoms with Crippen LogP contribution in [0.1, 0.15) is 33.6 Å². The predicted octanol–water partition coefficient (Wildman–Crippen LogP) is 4.13. The van der Waals surface area contributed by atoms with Crippen molar-refractivity contribution >= 4 is 11.6 Å². The molecule has 0 saturated heterocycles. The highest BCUT2D eigenvalue weighted by Gasteiger charge is 2.09. The maximum absolute atomic E-state index is 5.97. The third kappa shape index (κ3) is 6.27. The number of ether oxygens (including phenoxy) is 1. The van der Waals surface area contributed by atoms with Crippen LogP contribution >= 0.6 is 11.6 Å². The number of hydrogen-bond donors (Lipinski definition) is 1. The summed E-state index contributed by atoms with van der Waals surface area (Å²) in [6.45, 7) is 8.51. The molecule has 0 amide bonds. The van der Waals surface area contributed by atoms with E-state index in [-0.39, 0.29) is 6.10 Å². The Morgan fingerprint density at radius 1 is 1.28 bits per heavy atom. The molecule has 0 aliphatic heterocycles. The lowest BCUT2D eigenvalue weighted by Crippen LogP contribution is -2.33. The number of halogens is 1. The number of hydrogen-bond acceptors (Lipinski definition) is 2. The van der Waals surface area contributed by atoms with Crippen molar-refractivity contribution in [2.75, 3.05) is 13.1 Å². The van der Waals surface area contributed by atoms with Gasteiger partial charge >= 0.3 is 0 Å². The Kier molecular flexibility index (Phi) is 7.14. The van der Waals surface area contributed by atoms with Gasteiger partial charge in [0.1, 0.15) is 11.9 Å². The molecular weight excluding hydrogens is 246 g/mol. The maximum Gasteiger partial charge on any atom is 0.121 e. The first-order valence-corrected chi connectivity index (χ1v) is 7.12. The Labute approximate surface area is 116 Å². The molecule has 0 aliphatic carbocycles. The standard InChI is InChI=1S/C15H24ClNO/c1-4-6-15(11-17-10-12(2)3)18-14-8-5-7-13(16)9-14/h5,7-9,12,15,17H,4,6,10-11H2,1-3H3. The molecule has 0 aromatic heterocycles. The van der Waals surface area contributed by atoms with E-state index in [0.29, 0.717) is 5.92 Å². The first-order valence-electron chi connectivity index (χ1n) is 6.74. The average Bonchev–Trinajstić information content (AvgIpc) is 2.28. The summed E-state index contributed by atoms with van der Waals surface area (Å²) in [5, 5.41) is 4.17. The third-order valence-electron chi connectivity index (χ3n) is 2.63. The molecule has 1 aromatic rings. The van der Waals surface area contributed by atoms with Crippen molar-refractivity contribution in [1.29, 1.82) is 0 Å². The van der Waals surface area contributed by atoms with Crippen LogP contribution in [0.2, 0.25) is 5.02 Å². The van der Waals surface area contributed by atoms with E-state index in [1.165, 1.54) is 0 Å². The first-order chi connectivity index (χ1) is 8.61. The molecule has 2 nitrogen and oxygen atoms in total. The van der Waals surface area contributed by atoms with E-state index in [2.05, 4.69) is 26.1 Å². The first kappa shape index (κ1) is 15.3. The van der Waals surface area contributed by atoms with Crippen molar-refractivity contribution in [2.45, 2.75) is 39.7 Å². The van der Waals surface area contributed by atoms with Crippen molar-refractivity contribution in [2.24, 2.45) is 5.92 Å². The molecule has 0 bridgehead atoms. The largest absolute Gasteiger partial charge is 0.489 e. The Balaban J connectivity index is 2.46. The van der Waals surface area contributed by atoms with E-state index < -0.39 is 0 Å². The van der Waals surface area contributed by atoms with Gasteiger partial charge < -0.3 is 10.1 Å². The molecule has 102 valence electrons. The van der Waals surface area contributed by atoms with Gasteiger partial charge in [-0.2, -0.15) is 0 Å². The van der Waals surface area contributed by atoms with Gasteiger partial charge in [-0.3, -0.25) is 0 Å². The molecule has 1 rings (SSSR count). The number of benzene rings is 1. The van der Waals surface area contributed by atoms with Gasteiger partial charge in [0.15, 0.2) is 0 Å². The van der Waals surface area contributed by atoms with Gasteiger partial charge in [0.2, 0.25) is 0 Å². The SMILES string of the molecule is CCCC(CNCC(C)C)Oc1cccc(Cl)c1. The fourth-order valence-corrected chi connectivity index (χ4v) is 1.97. The van der Waals surface area contributed by atoms with E-state index in [0.717, 1.165) is 36.7 Å². The fourth-order valence-electron chi connectivity index (χ4n) is 1.79. The Hall–Kier alpha value is -0.730. The Bertz CT molecular complexity index is 341. The zero-order valence-electron chi connectivity index (χ0n) is 11.6. The number of rotatable bonds is 8. The summed E-state index contributed by atoms with van der Waals surface area (Å²) in [5.41, 5.74) is 0. The Morgan fingerprint density at radius 2 is 2.06 bits per heavy atom. The van der Waals surface area contributed by atoms with Crippen LogP contribution in [0.25, 0.3) is 0 Å². The minimum absolute atomic E-state index is 0.215. The van der Waals surface area contributed by atoms with Crippen molar-refractivity contribution < 1.29 is 4.74 Å². The van der Waals surface area contributed by atoms with Gasteiger partial charge in [0.05, 0.1) is 0 Å². The molecule has 0 radical (unpaired) electrons. The molecule has 0 spiro atoms. The molecule has 1 aromatic carbocycles. The lowest BCUT2D eigenvalue weighted by atomic mass is 10.2. The second-order valence-electron chi connectivity index (χ2n) is 5.04. The zero-order valence-corrected chi connectivity index (χ0v) is 12.3. The molecule has 18 heavy (non-hydrogen) atoms. The van der Waals surface area contributed by atoms with Crippen molar-refractivity contribution in [1.82, 2.24) is 5.32 Å². The second kappa shape index (κ2) is 8.39. The third-order valence-corrected chi connectivity index (χ3v) is 2.87. The highest BCUT2D eigenvalue weighted by atomic mass is 35.5. The van der Waals surface area contributed by atoms with Crippen LogP contribution in [0.3, 0.4) is 0 Å². The molecule has 0 heterocycles. The quantitative estimate of drug-likeness (QED) is 0.766. The minimum atomic E-state index is 0.215. The monoisotopic (exact) mass is 269 g/mol. The summed E-state index contributed by atoms with van der Waals surface area (Å²) in [4.78, 5) is 0. The molecular formula is C15H24ClNO. The van der Waals surface area contributed by atoms with E-state index in [1.54, 1.807) is 0 Å². The predicted molar refractivity (Wildman–Crippen MR) is 78.5 cm³/mol. The minimum Gasteiger partial charge on any atom is -0.489 e. The summed E-state index contributed by atoms with van der Waals surface area (Å²) >= 11 is 5.96. The molecule has 0 aliphatic rings. The van der Waals surface area contributed by atoms with Crippen molar-refractivity contribution in [3.8, 4) is 5.75 Å². The zero-order chi connectivity index (χ0) is 13.4. The molecule has 1 N–H and O–H groups in total. The van der Waals surface area contributed by atoms with Crippen LogP contribution in [-0.4, -0.2) is 19.2 Å². The summed E-state index contributed by atoms with van der Waals surface area (Å²) in [7, 11) is 0. The topological polar surface area (TPSA) is 21.3 Å². The van der Waals surface area contributed by atoms with Crippen LogP contribution in [0.5, 0.6) is 5.75 Å². The second-order valence-corrected chi connectivity index (χ2v) is 5.47. The Morgan fingerprint density at radius 3 is 2.67 bits per heavy atom. The van der Waals surface area contributed by atoms with Gasteiger partial charge in [-0.1, -0.05) is 44.9 Å². The van der Waals surface area contributed by atoms with Crippen LogP contribution in [-0.2, 0) is 0 Å². The van der Waals surface area contributed by atoms with E-state index >= 15 is 0 Å². The molecule has 0 fully saturated rings. The molecule has 1 atom stereocenters. The summed E-state index contributed by atoms with van der Waals surface area (Å²) in [6.07, 6.45) is 2.39. The fraction of sp³-hybridized carbons (Fsp3) is 0.600. The highest BCUT2D eigenvalue weighted by Crippen LogP contribution is 2.19. The van der Waals surface area contributed by atoms with Crippen LogP contribution in [0, 0.1) is 5.92 Å². The van der Waals surface area contributed by atoms with Crippen molar-refractivity contribution in [3.63, 3.8) is 0 Å².